The number of pyridine rings is 1. The summed E-state index contributed by atoms with van der Waals surface area (Å²) in [5.41, 5.74) is 8.33. The third kappa shape index (κ3) is 1.74. The Morgan fingerprint density at radius 2 is 2.33 bits per heavy atom. The van der Waals surface area contributed by atoms with Crippen molar-refractivity contribution in [2.75, 3.05) is 0 Å². The lowest BCUT2D eigenvalue weighted by Crippen LogP contribution is -2.10. The molecule has 0 aromatic carbocycles. The minimum atomic E-state index is -0.418. The van der Waals surface area contributed by atoms with Gasteiger partial charge in [-0.25, -0.2) is 0 Å². The van der Waals surface area contributed by atoms with Crippen LogP contribution >= 0.6 is 0 Å². The maximum atomic E-state index is 11.1. The normalized spacial score (nSPS) is 10.2. The number of nitrogens with zero attached hydrogens (tertiary/aromatic N) is 1. The fraction of sp³-hybridized carbons (Fsp3) is 0.0909. The van der Waals surface area contributed by atoms with Crippen LogP contribution in [0.3, 0.4) is 0 Å². The van der Waals surface area contributed by atoms with Crippen molar-refractivity contribution in [2.45, 2.75) is 6.92 Å². The number of aromatic nitrogens is 2. The molecule has 2 aromatic rings. The molecule has 0 spiro atoms. The van der Waals surface area contributed by atoms with Gasteiger partial charge in [-0.15, -0.1) is 0 Å². The second kappa shape index (κ2) is 3.57. The lowest BCUT2D eigenvalue weighted by Gasteiger charge is -1.94. The number of H-pyrrole nitrogens is 1. The summed E-state index contributed by atoms with van der Waals surface area (Å²) in [6.45, 7) is 1.82. The van der Waals surface area contributed by atoms with Crippen LogP contribution in [0.1, 0.15) is 16.1 Å². The van der Waals surface area contributed by atoms with Crippen molar-refractivity contribution in [3.63, 3.8) is 0 Å². The lowest BCUT2D eigenvalue weighted by atomic mass is 10.2. The summed E-state index contributed by atoms with van der Waals surface area (Å²) in [6, 6.07) is 5.51. The van der Waals surface area contributed by atoms with E-state index in [1.807, 2.05) is 19.1 Å². The predicted octanol–water partition coefficient (Wildman–Crippen LogP) is 1.48. The molecule has 0 bridgehead atoms. The Hall–Kier alpha value is -2.10. The van der Waals surface area contributed by atoms with E-state index in [1.54, 1.807) is 18.5 Å². The number of carbonyl (C=O) groups is 1. The van der Waals surface area contributed by atoms with E-state index in [-0.39, 0.29) is 0 Å². The summed E-state index contributed by atoms with van der Waals surface area (Å²) in [4.78, 5) is 18.2. The molecule has 4 heteroatoms. The molecular formula is C11H11N3O. The van der Waals surface area contributed by atoms with Gasteiger partial charge in [-0.2, -0.15) is 0 Å². The number of hydrogen-bond acceptors (Lipinski definition) is 2. The van der Waals surface area contributed by atoms with Crippen molar-refractivity contribution in [2.24, 2.45) is 5.73 Å². The molecule has 4 nitrogen and oxygen atoms in total. The van der Waals surface area contributed by atoms with Gasteiger partial charge >= 0.3 is 0 Å². The van der Waals surface area contributed by atoms with Crippen LogP contribution in [0.5, 0.6) is 0 Å². The Labute approximate surface area is 87.1 Å². The first kappa shape index (κ1) is 9.45. The summed E-state index contributed by atoms with van der Waals surface area (Å²) in [5, 5.41) is 0. The van der Waals surface area contributed by atoms with Crippen LogP contribution in [0.2, 0.25) is 0 Å². The highest BCUT2D eigenvalue weighted by molar-refractivity contribution is 5.95. The van der Waals surface area contributed by atoms with E-state index in [0.717, 1.165) is 17.0 Å². The number of aromatic amines is 1. The molecule has 0 saturated heterocycles. The number of carbonyl (C=O) groups excluding carboxylic acids is 1. The van der Waals surface area contributed by atoms with Crippen LogP contribution in [0.4, 0.5) is 0 Å². The average molecular weight is 201 g/mol. The van der Waals surface area contributed by atoms with Gasteiger partial charge in [0.2, 0.25) is 0 Å². The number of hydrogen-bond donors (Lipinski definition) is 2. The molecule has 76 valence electrons. The van der Waals surface area contributed by atoms with Gasteiger partial charge in [-0.1, -0.05) is 0 Å². The number of nitrogens with one attached hydrogen (secondary N) is 1. The second-order valence-electron chi connectivity index (χ2n) is 3.33. The summed E-state index contributed by atoms with van der Waals surface area (Å²) in [7, 11) is 0. The molecule has 2 heterocycles. The van der Waals surface area contributed by atoms with Gasteiger partial charge in [0.25, 0.3) is 5.91 Å². The van der Waals surface area contributed by atoms with E-state index in [1.165, 1.54) is 0 Å². The van der Waals surface area contributed by atoms with Crippen LogP contribution < -0.4 is 5.73 Å². The molecule has 15 heavy (non-hydrogen) atoms. The van der Waals surface area contributed by atoms with Crippen molar-refractivity contribution in [1.82, 2.24) is 9.97 Å². The standard InChI is InChI=1S/C11H11N3O/c1-7-9(11(12)15)5-10(14-7)8-3-2-4-13-6-8/h2-6,14H,1H3,(H2,12,15). The highest BCUT2D eigenvalue weighted by Crippen LogP contribution is 2.20. The monoisotopic (exact) mass is 201 g/mol. The van der Waals surface area contributed by atoms with Crippen molar-refractivity contribution in [3.05, 3.63) is 41.9 Å². The van der Waals surface area contributed by atoms with Crippen molar-refractivity contribution < 1.29 is 4.79 Å². The molecule has 0 aliphatic carbocycles. The molecular weight excluding hydrogens is 190 g/mol. The molecule has 0 aliphatic rings. The van der Waals surface area contributed by atoms with Gasteiger partial charge in [0, 0.05) is 29.3 Å². The quantitative estimate of drug-likeness (QED) is 0.772. The molecule has 3 N–H and O–H groups in total. The van der Waals surface area contributed by atoms with Crippen molar-refractivity contribution in [1.29, 1.82) is 0 Å². The number of rotatable bonds is 2. The van der Waals surface area contributed by atoms with E-state index in [0.29, 0.717) is 5.56 Å². The average Bonchev–Trinajstić information content (AvgIpc) is 2.62. The van der Waals surface area contributed by atoms with E-state index in [2.05, 4.69) is 9.97 Å². The van der Waals surface area contributed by atoms with Crippen LogP contribution in [-0.4, -0.2) is 15.9 Å². The Morgan fingerprint density at radius 1 is 1.53 bits per heavy atom. The van der Waals surface area contributed by atoms with Gasteiger partial charge in [-0.3, -0.25) is 9.78 Å². The molecule has 0 unspecified atom stereocenters. The smallest absolute Gasteiger partial charge is 0.250 e. The van der Waals surface area contributed by atoms with Gasteiger partial charge < -0.3 is 10.7 Å². The van der Waals surface area contributed by atoms with Crippen LogP contribution in [0, 0.1) is 6.92 Å². The van der Waals surface area contributed by atoms with Crippen LogP contribution in [0.25, 0.3) is 11.3 Å². The fourth-order valence-electron chi connectivity index (χ4n) is 1.49. The molecule has 1 amide bonds. The minimum absolute atomic E-state index is 0.418. The van der Waals surface area contributed by atoms with E-state index >= 15 is 0 Å². The largest absolute Gasteiger partial charge is 0.366 e. The van der Waals surface area contributed by atoms with Crippen LogP contribution in [0.15, 0.2) is 30.6 Å². The molecule has 2 rings (SSSR count). The molecule has 0 radical (unpaired) electrons. The summed E-state index contributed by atoms with van der Waals surface area (Å²) in [5.74, 6) is -0.418. The highest BCUT2D eigenvalue weighted by Gasteiger charge is 2.10. The summed E-state index contributed by atoms with van der Waals surface area (Å²) in [6.07, 6.45) is 3.43. The second-order valence-corrected chi connectivity index (χ2v) is 3.33. The molecule has 0 atom stereocenters. The Balaban J connectivity index is 2.48. The zero-order chi connectivity index (χ0) is 10.8. The van der Waals surface area contributed by atoms with Gasteiger partial charge in [0.15, 0.2) is 0 Å². The summed E-state index contributed by atoms with van der Waals surface area (Å²) >= 11 is 0. The predicted molar refractivity (Wildman–Crippen MR) is 57.3 cm³/mol. The Bertz CT molecular complexity index is 488. The summed E-state index contributed by atoms with van der Waals surface area (Å²) < 4.78 is 0. The maximum Gasteiger partial charge on any atom is 0.250 e. The number of aryl methyl sites for hydroxylation is 1. The first-order valence-corrected chi connectivity index (χ1v) is 4.58. The number of nitrogens with two attached hydrogens (primary N) is 1. The highest BCUT2D eigenvalue weighted by atomic mass is 16.1. The lowest BCUT2D eigenvalue weighted by molar-refractivity contribution is 0.1000. The Kier molecular flexibility index (Phi) is 2.25. The van der Waals surface area contributed by atoms with Gasteiger partial charge in [0.05, 0.1) is 5.56 Å². The van der Waals surface area contributed by atoms with Crippen molar-refractivity contribution >= 4 is 5.91 Å². The van der Waals surface area contributed by atoms with E-state index in [4.69, 9.17) is 5.73 Å². The molecule has 0 fully saturated rings. The zero-order valence-corrected chi connectivity index (χ0v) is 8.32. The van der Waals surface area contributed by atoms with Gasteiger partial charge in [-0.05, 0) is 25.1 Å². The van der Waals surface area contributed by atoms with Gasteiger partial charge in [0.1, 0.15) is 0 Å². The number of primary amides is 1. The van der Waals surface area contributed by atoms with Crippen LogP contribution in [-0.2, 0) is 0 Å². The Morgan fingerprint density at radius 3 is 2.87 bits per heavy atom. The third-order valence-corrected chi connectivity index (χ3v) is 2.25. The van der Waals surface area contributed by atoms with Crippen molar-refractivity contribution in [3.8, 4) is 11.3 Å². The number of amides is 1. The first-order valence-electron chi connectivity index (χ1n) is 4.58. The minimum Gasteiger partial charge on any atom is -0.366 e. The first-order chi connectivity index (χ1) is 7.18. The third-order valence-electron chi connectivity index (χ3n) is 2.25. The zero-order valence-electron chi connectivity index (χ0n) is 8.32. The topological polar surface area (TPSA) is 71.8 Å². The molecule has 0 saturated carbocycles. The van der Waals surface area contributed by atoms with E-state index in [9.17, 15) is 4.79 Å². The fourth-order valence-corrected chi connectivity index (χ4v) is 1.49. The molecule has 2 aromatic heterocycles. The SMILES string of the molecule is Cc1[nH]c(-c2cccnc2)cc1C(N)=O. The molecule has 0 aliphatic heterocycles. The maximum absolute atomic E-state index is 11.1. The van der Waals surface area contributed by atoms with E-state index < -0.39 is 5.91 Å².